The Bertz CT molecular complexity index is 586. The van der Waals surface area contributed by atoms with Crippen molar-refractivity contribution in [1.82, 2.24) is 20.0 Å². The minimum absolute atomic E-state index is 0.0367. The molecule has 0 bridgehead atoms. The first kappa shape index (κ1) is 19.8. The maximum absolute atomic E-state index is 12.4. The quantitative estimate of drug-likeness (QED) is 0.789. The Balaban J connectivity index is 1.41. The van der Waals surface area contributed by atoms with Crippen LogP contribution in [0.1, 0.15) is 31.4 Å². The average Bonchev–Trinajstić information content (AvgIpc) is 2.62. The van der Waals surface area contributed by atoms with E-state index in [4.69, 9.17) is 0 Å². The molecule has 0 saturated carbocycles. The zero-order valence-electron chi connectivity index (χ0n) is 16.0. The van der Waals surface area contributed by atoms with Crippen LogP contribution in [0.25, 0.3) is 0 Å². The molecular formula is C20H31BrN4O. The number of carbonyl (C=O) groups is 1. The third kappa shape index (κ3) is 5.52. The maximum Gasteiger partial charge on any atom is 0.234 e. The van der Waals surface area contributed by atoms with Crippen LogP contribution in [0, 0.1) is 0 Å². The number of likely N-dealkylation sites (N-methyl/N-ethyl adjacent to an activating group) is 1. The zero-order chi connectivity index (χ0) is 18.5. The molecule has 0 aliphatic carbocycles. The maximum atomic E-state index is 12.4. The highest BCUT2D eigenvalue weighted by atomic mass is 79.9. The summed E-state index contributed by atoms with van der Waals surface area (Å²) in [7, 11) is 2.22. The lowest BCUT2D eigenvalue weighted by molar-refractivity contribution is -0.123. The van der Waals surface area contributed by atoms with E-state index in [1.807, 2.05) is 19.1 Å². The van der Waals surface area contributed by atoms with Crippen molar-refractivity contribution >= 4 is 21.8 Å². The normalized spacial score (nSPS) is 24.3. The van der Waals surface area contributed by atoms with Gasteiger partial charge in [0.05, 0.1) is 12.6 Å². The van der Waals surface area contributed by atoms with E-state index in [2.05, 4.69) is 55.1 Å². The number of amides is 1. The third-order valence-corrected chi connectivity index (χ3v) is 6.17. The number of likely N-dealkylation sites (tertiary alicyclic amines) is 1. The Morgan fingerprint density at radius 2 is 1.88 bits per heavy atom. The number of nitrogens with one attached hydrogen (secondary N) is 1. The van der Waals surface area contributed by atoms with E-state index in [9.17, 15) is 4.79 Å². The highest BCUT2D eigenvalue weighted by Gasteiger charge is 2.27. The van der Waals surface area contributed by atoms with Crippen LogP contribution in [-0.4, -0.2) is 79.5 Å². The average molecular weight is 423 g/mol. The van der Waals surface area contributed by atoms with Crippen molar-refractivity contribution in [2.24, 2.45) is 0 Å². The van der Waals surface area contributed by atoms with Gasteiger partial charge in [0.15, 0.2) is 0 Å². The van der Waals surface area contributed by atoms with E-state index in [1.165, 1.54) is 25.9 Å². The minimum Gasteiger partial charge on any atom is -0.348 e. The van der Waals surface area contributed by atoms with Crippen LogP contribution in [0.2, 0.25) is 0 Å². The van der Waals surface area contributed by atoms with Gasteiger partial charge in [-0.15, -0.1) is 0 Å². The molecule has 1 aromatic rings. The standard InChI is InChI=1S/C20H31BrN4O/c1-16(17-5-7-18(21)8-6-17)22-20(26)15-24-10-12-25(13-11-24)19-4-3-9-23(2)14-19/h5-8,16,19H,3-4,9-15H2,1-2H3,(H,22,26). The van der Waals surface area contributed by atoms with Gasteiger partial charge in [-0.1, -0.05) is 28.1 Å². The number of carbonyl (C=O) groups excluding carboxylic acids is 1. The van der Waals surface area contributed by atoms with Crippen LogP contribution < -0.4 is 5.32 Å². The zero-order valence-corrected chi connectivity index (χ0v) is 17.5. The molecule has 1 N–H and O–H groups in total. The molecule has 1 aromatic carbocycles. The summed E-state index contributed by atoms with van der Waals surface area (Å²) in [5, 5.41) is 3.13. The Hall–Kier alpha value is -0.950. The van der Waals surface area contributed by atoms with Gasteiger partial charge in [-0.25, -0.2) is 0 Å². The predicted molar refractivity (Wildman–Crippen MR) is 109 cm³/mol. The van der Waals surface area contributed by atoms with Crippen LogP contribution in [0.15, 0.2) is 28.7 Å². The van der Waals surface area contributed by atoms with Crippen molar-refractivity contribution in [2.75, 3.05) is 52.9 Å². The van der Waals surface area contributed by atoms with E-state index in [-0.39, 0.29) is 11.9 Å². The molecule has 2 atom stereocenters. The lowest BCUT2D eigenvalue weighted by Crippen LogP contribution is -2.55. The SMILES string of the molecule is CC(NC(=O)CN1CCN(C2CCCN(C)C2)CC1)c1ccc(Br)cc1. The van der Waals surface area contributed by atoms with Gasteiger partial charge in [0.2, 0.25) is 5.91 Å². The molecule has 2 unspecified atom stereocenters. The Labute approximate surface area is 165 Å². The molecule has 0 radical (unpaired) electrons. The summed E-state index contributed by atoms with van der Waals surface area (Å²) in [6, 6.07) is 8.86. The largest absolute Gasteiger partial charge is 0.348 e. The van der Waals surface area contributed by atoms with Crippen molar-refractivity contribution in [3.63, 3.8) is 0 Å². The van der Waals surface area contributed by atoms with Gasteiger partial charge < -0.3 is 10.2 Å². The molecular weight excluding hydrogens is 392 g/mol. The number of halogens is 1. The van der Waals surface area contributed by atoms with Gasteiger partial charge >= 0.3 is 0 Å². The van der Waals surface area contributed by atoms with Crippen LogP contribution in [0.3, 0.4) is 0 Å². The second kappa shape index (κ2) is 9.31. The van der Waals surface area contributed by atoms with Crippen molar-refractivity contribution in [1.29, 1.82) is 0 Å². The molecule has 2 fully saturated rings. The fourth-order valence-corrected chi connectivity index (χ4v) is 4.31. The number of benzene rings is 1. The van der Waals surface area contributed by atoms with E-state index in [1.54, 1.807) is 0 Å². The number of rotatable bonds is 5. The lowest BCUT2D eigenvalue weighted by atomic mass is 10.0. The summed E-state index contributed by atoms with van der Waals surface area (Å²) in [4.78, 5) is 19.8. The summed E-state index contributed by atoms with van der Waals surface area (Å²) < 4.78 is 1.06. The van der Waals surface area contributed by atoms with Crippen molar-refractivity contribution in [3.8, 4) is 0 Å². The number of hydrogen-bond donors (Lipinski definition) is 1. The topological polar surface area (TPSA) is 38.8 Å². The van der Waals surface area contributed by atoms with Crippen LogP contribution in [0.5, 0.6) is 0 Å². The summed E-state index contributed by atoms with van der Waals surface area (Å²) >= 11 is 3.45. The molecule has 0 aromatic heterocycles. The first-order valence-electron chi connectivity index (χ1n) is 9.71. The van der Waals surface area contributed by atoms with Crippen LogP contribution >= 0.6 is 15.9 Å². The van der Waals surface area contributed by atoms with Crippen LogP contribution in [0.4, 0.5) is 0 Å². The lowest BCUT2D eigenvalue weighted by Gasteiger charge is -2.42. The molecule has 0 spiro atoms. The molecule has 26 heavy (non-hydrogen) atoms. The van der Waals surface area contributed by atoms with Gasteiger partial charge in [0, 0.05) is 43.2 Å². The second-order valence-electron chi connectivity index (χ2n) is 7.71. The molecule has 144 valence electrons. The molecule has 6 heteroatoms. The predicted octanol–water partition coefficient (Wildman–Crippen LogP) is 2.34. The number of hydrogen-bond acceptors (Lipinski definition) is 4. The summed E-state index contributed by atoms with van der Waals surface area (Å²) in [6.45, 7) is 9.08. The molecule has 5 nitrogen and oxygen atoms in total. The number of piperazine rings is 1. The first-order valence-corrected chi connectivity index (χ1v) is 10.5. The van der Waals surface area contributed by atoms with Gasteiger partial charge in [0.1, 0.15) is 0 Å². The fourth-order valence-electron chi connectivity index (χ4n) is 4.05. The number of piperidine rings is 1. The summed E-state index contributed by atoms with van der Waals surface area (Å²) in [5.74, 6) is 0.117. The smallest absolute Gasteiger partial charge is 0.234 e. The van der Waals surface area contributed by atoms with Crippen molar-refractivity contribution in [2.45, 2.75) is 31.8 Å². The van der Waals surface area contributed by atoms with Gasteiger partial charge in [-0.05, 0) is 51.1 Å². The molecule has 2 aliphatic heterocycles. The van der Waals surface area contributed by atoms with E-state index in [0.29, 0.717) is 12.6 Å². The van der Waals surface area contributed by atoms with Gasteiger partial charge in [-0.3, -0.25) is 14.6 Å². The monoisotopic (exact) mass is 422 g/mol. The molecule has 2 heterocycles. The number of nitrogens with zero attached hydrogens (tertiary/aromatic N) is 3. The molecule has 2 saturated heterocycles. The Kier molecular flexibility index (Phi) is 7.09. The molecule has 2 aliphatic rings. The van der Waals surface area contributed by atoms with E-state index in [0.717, 1.165) is 36.2 Å². The van der Waals surface area contributed by atoms with Gasteiger partial charge in [-0.2, -0.15) is 0 Å². The molecule has 1 amide bonds. The second-order valence-corrected chi connectivity index (χ2v) is 8.63. The highest BCUT2D eigenvalue weighted by molar-refractivity contribution is 9.10. The fraction of sp³-hybridized carbons (Fsp3) is 0.650. The summed E-state index contributed by atoms with van der Waals surface area (Å²) in [6.07, 6.45) is 2.62. The van der Waals surface area contributed by atoms with Gasteiger partial charge in [0.25, 0.3) is 0 Å². The van der Waals surface area contributed by atoms with Crippen LogP contribution in [-0.2, 0) is 4.79 Å². The summed E-state index contributed by atoms with van der Waals surface area (Å²) in [5.41, 5.74) is 1.13. The molecule has 3 rings (SSSR count). The highest BCUT2D eigenvalue weighted by Crippen LogP contribution is 2.18. The third-order valence-electron chi connectivity index (χ3n) is 5.64. The van der Waals surface area contributed by atoms with E-state index < -0.39 is 0 Å². The van der Waals surface area contributed by atoms with Crippen molar-refractivity contribution < 1.29 is 4.79 Å². The Morgan fingerprint density at radius 1 is 1.19 bits per heavy atom. The first-order chi connectivity index (χ1) is 12.5. The van der Waals surface area contributed by atoms with E-state index >= 15 is 0 Å². The Morgan fingerprint density at radius 3 is 2.54 bits per heavy atom. The van der Waals surface area contributed by atoms with Crippen molar-refractivity contribution in [3.05, 3.63) is 34.3 Å². The minimum atomic E-state index is 0.0367.